The molecular weight excluding hydrogens is 314 g/mol. The maximum Gasteiger partial charge on any atom is 0.251 e. The summed E-state index contributed by atoms with van der Waals surface area (Å²) in [6.45, 7) is 1.85. The van der Waals surface area contributed by atoms with Gasteiger partial charge in [0.05, 0.1) is 23.9 Å². The van der Waals surface area contributed by atoms with Gasteiger partial charge in [-0.3, -0.25) is 14.6 Å². The third kappa shape index (κ3) is 3.83. The first-order valence-corrected chi connectivity index (χ1v) is 8.01. The fourth-order valence-electron chi connectivity index (χ4n) is 2.55. The lowest BCUT2D eigenvalue weighted by molar-refractivity contribution is -0.117. The number of pyridine rings is 1. The van der Waals surface area contributed by atoms with Gasteiger partial charge in [-0.15, -0.1) is 0 Å². The number of anilines is 1. The second-order valence-electron chi connectivity index (χ2n) is 5.89. The number of carbonyl (C=O) groups excluding carboxylic acids is 2. The predicted octanol–water partition coefficient (Wildman–Crippen LogP) is 2.94. The molecule has 0 fully saturated rings. The third-order valence-corrected chi connectivity index (χ3v) is 4.02. The smallest absolute Gasteiger partial charge is 0.251 e. The molecule has 5 nitrogen and oxygen atoms in total. The van der Waals surface area contributed by atoms with Gasteiger partial charge in [0.15, 0.2) is 0 Å². The van der Waals surface area contributed by atoms with E-state index in [0.29, 0.717) is 11.3 Å². The molecule has 0 atom stereocenters. The summed E-state index contributed by atoms with van der Waals surface area (Å²) in [5.74, 6) is -0.472. The molecular formula is C20H19N3O2. The molecule has 0 spiro atoms. The quantitative estimate of drug-likeness (QED) is 0.798. The number of aryl methyl sites for hydroxylation is 1. The van der Waals surface area contributed by atoms with Gasteiger partial charge in [0.1, 0.15) is 0 Å². The van der Waals surface area contributed by atoms with E-state index in [2.05, 4.69) is 10.3 Å². The SMILES string of the molecule is Cc1cccc(C(=O)NCC(=O)N(C)c2cnc3ccccc3c2)c1. The Balaban J connectivity index is 1.66. The summed E-state index contributed by atoms with van der Waals surface area (Å²) in [5, 5.41) is 3.62. The van der Waals surface area contributed by atoms with Crippen LogP contribution in [-0.4, -0.2) is 30.4 Å². The van der Waals surface area contributed by atoms with Crippen molar-refractivity contribution in [2.45, 2.75) is 6.92 Å². The molecule has 0 aliphatic carbocycles. The lowest BCUT2D eigenvalue weighted by atomic mass is 10.1. The maximum atomic E-state index is 12.4. The maximum absolute atomic E-state index is 12.4. The zero-order valence-electron chi connectivity index (χ0n) is 14.2. The van der Waals surface area contributed by atoms with E-state index >= 15 is 0 Å². The molecule has 126 valence electrons. The molecule has 0 saturated heterocycles. The van der Waals surface area contributed by atoms with Crippen LogP contribution in [-0.2, 0) is 4.79 Å². The van der Waals surface area contributed by atoms with Crippen molar-refractivity contribution < 1.29 is 9.59 Å². The average molecular weight is 333 g/mol. The number of rotatable bonds is 4. The van der Waals surface area contributed by atoms with E-state index in [4.69, 9.17) is 0 Å². The summed E-state index contributed by atoms with van der Waals surface area (Å²) in [6.07, 6.45) is 1.66. The molecule has 2 amide bonds. The molecule has 1 heterocycles. The van der Waals surface area contributed by atoms with Crippen molar-refractivity contribution in [3.8, 4) is 0 Å². The van der Waals surface area contributed by atoms with Crippen LogP contribution in [0, 0.1) is 6.92 Å². The standard InChI is InChI=1S/C20H19N3O2/c1-14-6-5-8-16(10-14)20(25)22-13-19(24)23(2)17-11-15-7-3-4-9-18(15)21-12-17/h3-12H,13H2,1-2H3,(H,22,25). The number of nitrogens with zero attached hydrogens (tertiary/aromatic N) is 2. The highest BCUT2D eigenvalue weighted by Gasteiger charge is 2.14. The Morgan fingerprint density at radius 2 is 1.88 bits per heavy atom. The molecule has 25 heavy (non-hydrogen) atoms. The summed E-state index contributed by atoms with van der Waals surface area (Å²) >= 11 is 0. The summed E-state index contributed by atoms with van der Waals surface area (Å²) in [5.41, 5.74) is 3.11. The van der Waals surface area contributed by atoms with Gasteiger partial charge in [-0.25, -0.2) is 0 Å². The number of benzene rings is 2. The van der Waals surface area contributed by atoms with E-state index in [1.54, 1.807) is 25.4 Å². The van der Waals surface area contributed by atoms with Crippen molar-refractivity contribution in [2.75, 3.05) is 18.5 Å². The molecule has 0 bridgehead atoms. The first-order valence-electron chi connectivity index (χ1n) is 8.01. The molecule has 3 aromatic rings. The fourth-order valence-corrected chi connectivity index (χ4v) is 2.55. The van der Waals surface area contributed by atoms with Gasteiger partial charge in [0.25, 0.3) is 5.91 Å². The van der Waals surface area contributed by atoms with Crippen molar-refractivity contribution >= 4 is 28.4 Å². The number of nitrogens with one attached hydrogen (secondary N) is 1. The first-order chi connectivity index (χ1) is 12.0. The van der Waals surface area contributed by atoms with Gasteiger partial charge in [0, 0.05) is 18.0 Å². The molecule has 3 rings (SSSR count). The number of aromatic nitrogens is 1. The van der Waals surface area contributed by atoms with Crippen LogP contribution >= 0.6 is 0 Å². The minimum atomic E-state index is -0.262. The van der Waals surface area contributed by atoms with Crippen LogP contribution in [0.3, 0.4) is 0 Å². The van der Waals surface area contributed by atoms with Gasteiger partial charge in [-0.2, -0.15) is 0 Å². The van der Waals surface area contributed by atoms with E-state index in [9.17, 15) is 9.59 Å². The molecule has 0 unspecified atom stereocenters. The van der Waals surface area contributed by atoms with Crippen molar-refractivity contribution in [3.63, 3.8) is 0 Å². The Hall–Kier alpha value is -3.21. The van der Waals surface area contributed by atoms with Crippen LogP contribution < -0.4 is 10.2 Å². The number of para-hydroxylation sites is 1. The largest absolute Gasteiger partial charge is 0.343 e. The summed E-state index contributed by atoms with van der Waals surface area (Å²) in [7, 11) is 1.67. The van der Waals surface area contributed by atoms with Crippen molar-refractivity contribution in [1.29, 1.82) is 0 Å². The van der Waals surface area contributed by atoms with Crippen molar-refractivity contribution in [1.82, 2.24) is 10.3 Å². The lowest BCUT2D eigenvalue weighted by Crippen LogP contribution is -2.38. The van der Waals surface area contributed by atoms with Gasteiger partial charge in [-0.05, 0) is 31.2 Å². The Kier molecular flexibility index (Phi) is 4.75. The number of fused-ring (bicyclic) bond motifs is 1. The van der Waals surface area contributed by atoms with Crippen molar-refractivity contribution in [2.24, 2.45) is 0 Å². The van der Waals surface area contributed by atoms with E-state index in [1.807, 2.05) is 49.4 Å². The van der Waals surface area contributed by atoms with Crippen LogP contribution in [0.1, 0.15) is 15.9 Å². The number of amides is 2. The second kappa shape index (κ2) is 7.13. The van der Waals surface area contributed by atoms with Crippen LogP contribution in [0.2, 0.25) is 0 Å². The monoisotopic (exact) mass is 333 g/mol. The Morgan fingerprint density at radius 3 is 2.68 bits per heavy atom. The highest BCUT2D eigenvalue weighted by Crippen LogP contribution is 2.18. The molecule has 5 heteroatoms. The lowest BCUT2D eigenvalue weighted by Gasteiger charge is -2.18. The van der Waals surface area contributed by atoms with Crippen LogP contribution in [0.15, 0.2) is 60.8 Å². The average Bonchev–Trinajstić information content (AvgIpc) is 2.64. The van der Waals surface area contributed by atoms with Gasteiger partial charge in [0.2, 0.25) is 5.91 Å². The predicted molar refractivity (Wildman–Crippen MR) is 98.7 cm³/mol. The Labute approximate surface area is 146 Å². The minimum absolute atomic E-state index is 0.0733. The topological polar surface area (TPSA) is 62.3 Å². The molecule has 2 aromatic carbocycles. The van der Waals surface area contributed by atoms with E-state index < -0.39 is 0 Å². The van der Waals surface area contributed by atoms with Gasteiger partial charge in [-0.1, -0.05) is 35.9 Å². The van der Waals surface area contributed by atoms with E-state index in [0.717, 1.165) is 16.5 Å². The molecule has 1 aromatic heterocycles. The number of hydrogen-bond donors (Lipinski definition) is 1. The molecule has 0 aliphatic heterocycles. The first kappa shape index (κ1) is 16.6. The van der Waals surface area contributed by atoms with Crippen LogP contribution in [0.5, 0.6) is 0 Å². The van der Waals surface area contributed by atoms with Gasteiger partial charge < -0.3 is 10.2 Å². The molecule has 1 N–H and O–H groups in total. The molecule has 0 radical (unpaired) electrons. The van der Waals surface area contributed by atoms with Crippen molar-refractivity contribution in [3.05, 3.63) is 71.9 Å². The minimum Gasteiger partial charge on any atom is -0.343 e. The van der Waals surface area contributed by atoms with Crippen LogP contribution in [0.25, 0.3) is 10.9 Å². The van der Waals surface area contributed by atoms with Gasteiger partial charge >= 0.3 is 0 Å². The molecule has 0 aliphatic rings. The number of likely N-dealkylation sites (N-methyl/N-ethyl adjacent to an activating group) is 1. The molecule has 0 saturated carbocycles. The van der Waals surface area contributed by atoms with E-state index in [1.165, 1.54) is 4.90 Å². The number of carbonyl (C=O) groups is 2. The highest BCUT2D eigenvalue weighted by atomic mass is 16.2. The highest BCUT2D eigenvalue weighted by molar-refractivity contribution is 6.00. The zero-order chi connectivity index (χ0) is 17.8. The Morgan fingerprint density at radius 1 is 1.08 bits per heavy atom. The summed E-state index contributed by atoms with van der Waals surface area (Å²) < 4.78 is 0. The summed E-state index contributed by atoms with van der Waals surface area (Å²) in [6, 6.07) is 16.9. The fraction of sp³-hybridized carbons (Fsp3) is 0.150. The van der Waals surface area contributed by atoms with Crippen LogP contribution in [0.4, 0.5) is 5.69 Å². The normalized spacial score (nSPS) is 10.5. The summed E-state index contributed by atoms with van der Waals surface area (Å²) in [4.78, 5) is 30.4. The Bertz CT molecular complexity index is 937. The zero-order valence-corrected chi connectivity index (χ0v) is 14.2. The third-order valence-electron chi connectivity index (χ3n) is 4.02. The second-order valence-corrected chi connectivity index (χ2v) is 5.89. The number of hydrogen-bond acceptors (Lipinski definition) is 3. The van der Waals surface area contributed by atoms with E-state index in [-0.39, 0.29) is 18.4 Å².